The molecule has 0 aromatic heterocycles. The summed E-state index contributed by atoms with van der Waals surface area (Å²) in [7, 11) is 0. The Morgan fingerprint density at radius 1 is 1.47 bits per heavy atom. The molecule has 15 heavy (non-hydrogen) atoms. The van der Waals surface area contributed by atoms with Crippen LogP contribution in [0.25, 0.3) is 0 Å². The molecule has 1 aliphatic carbocycles. The van der Waals surface area contributed by atoms with Gasteiger partial charge in [-0.25, -0.2) is 0 Å². The molecule has 4 nitrogen and oxygen atoms in total. The highest BCUT2D eigenvalue weighted by atomic mass is 16.5. The molecule has 0 amide bonds. The number of ether oxygens (including phenoxy) is 1. The lowest BCUT2D eigenvalue weighted by Gasteiger charge is -2.29. The molecule has 1 fully saturated rings. The van der Waals surface area contributed by atoms with Crippen LogP contribution >= 0.6 is 0 Å². The second-order valence-electron chi connectivity index (χ2n) is 4.50. The van der Waals surface area contributed by atoms with Crippen LogP contribution in [0.1, 0.15) is 39.5 Å². The van der Waals surface area contributed by atoms with E-state index in [1.54, 1.807) is 0 Å². The van der Waals surface area contributed by atoms with E-state index < -0.39 is 18.1 Å². The van der Waals surface area contributed by atoms with Crippen molar-refractivity contribution < 1.29 is 14.6 Å². The fourth-order valence-electron chi connectivity index (χ4n) is 1.88. The minimum absolute atomic E-state index is 0.0175. The zero-order valence-corrected chi connectivity index (χ0v) is 9.48. The highest BCUT2D eigenvalue weighted by Crippen LogP contribution is 2.26. The molecule has 1 rings (SSSR count). The largest absolute Gasteiger partial charge is 0.461 e. The van der Waals surface area contributed by atoms with Gasteiger partial charge in [0.15, 0.2) is 0 Å². The van der Waals surface area contributed by atoms with Crippen molar-refractivity contribution in [2.75, 3.05) is 0 Å². The third-order valence-electron chi connectivity index (χ3n) is 3.09. The number of hydrogen-bond acceptors (Lipinski definition) is 4. The van der Waals surface area contributed by atoms with Crippen LogP contribution in [0.4, 0.5) is 0 Å². The smallest absolute Gasteiger partial charge is 0.325 e. The minimum atomic E-state index is -0.917. The molecule has 0 heterocycles. The number of nitrogens with two attached hydrogens (primary N) is 1. The Kier molecular flexibility index (Phi) is 4.54. The molecule has 0 aliphatic heterocycles. The van der Waals surface area contributed by atoms with Gasteiger partial charge in [0.05, 0.1) is 6.10 Å². The zero-order valence-electron chi connectivity index (χ0n) is 9.48. The summed E-state index contributed by atoms with van der Waals surface area (Å²) in [5.74, 6) is -0.0763. The SMILES string of the molecule is CC1CCCCC1OC(=O)[C@@H](N)[C@@H](C)O. The molecule has 3 N–H and O–H groups in total. The van der Waals surface area contributed by atoms with Crippen LogP contribution in [-0.4, -0.2) is 29.3 Å². The van der Waals surface area contributed by atoms with Gasteiger partial charge in [0, 0.05) is 0 Å². The number of carbonyl (C=O) groups excluding carboxylic acids is 1. The number of esters is 1. The first-order valence-electron chi connectivity index (χ1n) is 5.66. The highest BCUT2D eigenvalue weighted by molar-refractivity contribution is 5.76. The van der Waals surface area contributed by atoms with Crippen molar-refractivity contribution in [2.24, 2.45) is 11.7 Å². The lowest BCUT2D eigenvalue weighted by Crippen LogP contribution is -2.44. The van der Waals surface area contributed by atoms with Crippen molar-refractivity contribution in [3.05, 3.63) is 0 Å². The molecule has 0 bridgehead atoms. The molecular weight excluding hydrogens is 194 g/mol. The summed E-state index contributed by atoms with van der Waals surface area (Å²) in [6.07, 6.45) is 3.46. The second-order valence-corrected chi connectivity index (χ2v) is 4.50. The van der Waals surface area contributed by atoms with Gasteiger partial charge in [0.1, 0.15) is 12.1 Å². The normalized spacial score (nSPS) is 30.7. The first kappa shape index (κ1) is 12.5. The van der Waals surface area contributed by atoms with Crippen LogP contribution in [0.15, 0.2) is 0 Å². The van der Waals surface area contributed by atoms with Crippen LogP contribution in [0.5, 0.6) is 0 Å². The maximum Gasteiger partial charge on any atom is 0.325 e. The van der Waals surface area contributed by atoms with Gasteiger partial charge in [-0.3, -0.25) is 4.79 Å². The summed E-state index contributed by atoms with van der Waals surface area (Å²) in [5, 5.41) is 9.16. The van der Waals surface area contributed by atoms with Gasteiger partial charge >= 0.3 is 5.97 Å². The number of aliphatic hydroxyl groups is 1. The van der Waals surface area contributed by atoms with E-state index in [1.165, 1.54) is 13.3 Å². The van der Waals surface area contributed by atoms with E-state index >= 15 is 0 Å². The average Bonchev–Trinajstić information content (AvgIpc) is 2.20. The fourth-order valence-corrected chi connectivity index (χ4v) is 1.88. The van der Waals surface area contributed by atoms with E-state index in [4.69, 9.17) is 15.6 Å². The van der Waals surface area contributed by atoms with Crippen LogP contribution in [-0.2, 0) is 9.53 Å². The molecule has 4 atom stereocenters. The minimum Gasteiger partial charge on any atom is -0.461 e. The second kappa shape index (κ2) is 5.47. The molecule has 0 spiro atoms. The van der Waals surface area contributed by atoms with Crippen molar-refractivity contribution >= 4 is 5.97 Å². The predicted octanol–water partition coefficient (Wildman–Crippen LogP) is 0.816. The van der Waals surface area contributed by atoms with E-state index in [9.17, 15) is 4.79 Å². The molecule has 0 saturated heterocycles. The number of rotatable bonds is 3. The Morgan fingerprint density at radius 2 is 2.07 bits per heavy atom. The van der Waals surface area contributed by atoms with E-state index in [0.29, 0.717) is 5.92 Å². The van der Waals surface area contributed by atoms with Crippen molar-refractivity contribution in [3.8, 4) is 0 Å². The average molecular weight is 215 g/mol. The van der Waals surface area contributed by atoms with Crippen molar-refractivity contribution in [3.63, 3.8) is 0 Å². The monoisotopic (exact) mass is 215 g/mol. The first-order valence-corrected chi connectivity index (χ1v) is 5.66. The lowest BCUT2D eigenvalue weighted by atomic mass is 9.88. The van der Waals surface area contributed by atoms with Crippen LogP contribution in [0, 0.1) is 5.92 Å². The van der Waals surface area contributed by atoms with Gasteiger partial charge in [-0.15, -0.1) is 0 Å². The van der Waals surface area contributed by atoms with Gasteiger partial charge in [0.25, 0.3) is 0 Å². The van der Waals surface area contributed by atoms with Crippen molar-refractivity contribution in [2.45, 2.75) is 57.8 Å². The summed E-state index contributed by atoms with van der Waals surface area (Å²) >= 11 is 0. The molecule has 4 heteroatoms. The van der Waals surface area contributed by atoms with E-state index in [1.807, 2.05) is 0 Å². The molecule has 1 saturated carbocycles. The summed E-state index contributed by atoms with van der Waals surface area (Å²) in [6.45, 7) is 3.58. The summed E-state index contributed by atoms with van der Waals surface area (Å²) in [4.78, 5) is 11.5. The molecule has 2 unspecified atom stereocenters. The molecule has 88 valence electrons. The molecule has 0 aromatic rings. The van der Waals surface area contributed by atoms with Crippen LogP contribution in [0.2, 0.25) is 0 Å². The number of carbonyl (C=O) groups is 1. The third kappa shape index (κ3) is 3.47. The Morgan fingerprint density at radius 3 is 2.60 bits per heavy atom. The van der Waals surface area contributed by atoms with E-state index in [-0.39, 0.29) is 6.10 Å². The first-order chi connectivity index (χ1) is 7.02. The van der Waals surface area contributed by atoms with Crippen LogP contribution < -0.4 is 5.73 Å². The maximum atomic E-state index is 11.5. The lowest BCUT2D eigenvalue weighted by molar-refractivity contribution is -0.157. The topological polar surface area (TPSA) is 72.5 Å². The summed E-state index contributed by atoms with van der Waals surface area (Å²) in [5.41, 5.74) is 5.50. The number of hydrogen-bond donors (Lipinski definition) is 2. The Bertz CT molecular complexity index is 218. The van der Waals surface area contributed by atoms with Gasteiger partial charge in [-0.05, 0) is 32.1 Å². The van der Waals surface area contributed by atoms with Crippen molar-refractivity contribution in [1.82, 2.24) is 0 Å². The Hall–Kier alpha value is -0.610. The predicted molar refractivity (Wildman–Crippen MR) is 57.2 cm³/mol. The molecule has 0 aromatic carbocycles. The standard InChI is InChI=1S/C11H21NO3/c1-7-5-3-4-6-9(7)15-11(14)10(12)8(2)13/h7-10,13H,3-6,12H2,1-2H3/t7?,8-,9?,10+/m1/s1. The fraction of sp³-hybridized carbons (Fsp3) is 0.909. The quantitative estimate of drug-likeness (QED) is 0.683. The van der Waals surface area contributed by atoms with Gasteiger partial charge in [-0.1, -0.05) is 13.3 Å². The van der Waals surface area contributed by atoms with Gasteiger partial charge < -0.3 is 15.6 Å². The maximum absolute atomic E-state index is 11.5. The van der Waals surface area contributed by atoms with Gasteiger partial charge in [-0.2, -0.15) is 0 Å². The third-order valence-corrected chi connectivity index (χ3v) is 3.09. The van der Waals surface area contributed by atoms with Crippen molar-refractivity contribution in [1.29, 1.82) is 0 Å². The summed E-state index contributed by atoms with van der Waals surface area (Å²) in [6, 6.07) is -0.917. The number of aliphatic hydroxyl groups excluding tert-OH is 1. The Labute approximate surface area is 90.8 Å². The van der Waals surface area contributed by atoms with Crippen LogP contribution in [0.3, 0.4) is 0 Å². The summed E-state index contributed by atoms with van der Waals surface area (Å²) < 4.78 is 5.30. The van der Waals surface area contributed by atoms with E-state index in [2.05, 4.69) is 6.92 Å². The van der Waals surface area contributed by atoms with Gasteiger partial charge in [0.2, 0.25) is 0 Å². The van der Waals surface area contributed by atoms with E-state index in [0.717, 1.165) is 19.3 Å². The molecule has 1 aliphatic rings. The Balaban J connectivity index is 2.42. The highest BCUT2D eigenvalue weighted by Gasteiger charge is 2.28. The zero-order chi connectivity index (χ0) is 11.4. The molecule has 0 radical (unpaired) electrons. The molecular formula is C11H21NO3.